The van der Waals surface area contributed by atoms with Crippen LogP contribution >= 0.6 is 0 Å². The van der Waals surface area contributed by atoms with E-state index in [0.717, 1.165) is 18.4 Å². The van der Waals surface area contributed by atoms with Crippen LogP contribution in [0.4, 0.5) is 22.7 Å². The maximum Gasteiger partial charge on any atom is 0.0716 e. The molecule has 0 saturated heterocycles. The average molecular weight is 594 g/mol. The Morgan fingerprint density at radius 1 is 0.522 bits per heavy atom. The van der Waals surface area contributed by atoms with Crippen molar-refractivity contribution in [2.45, 2.75) is 37.8 Å². The van der Waals surface area contributed by atoms with Crippen LogP contribution in [0.25, 0.3) is 22.3 Å². The molecule has 4 aromatic carbocycles. The van der Waals surface area contributed by atoms with Crippen LogP contribution in [0.15, 0.2) is 163 Å². The molecule has 9 rings (SSSR count). The molecule has 0 amide bonds. The third-order valence-electron chi connectivity index (χ3n) is 10.5. The van der Waals surface area contributed by atoms with Gasteiger partial charge in [-0.05, 0) is 115 Å². The molecule has 0 saturated carbocycles. The van der Waals surface area contributed by atoms with E-state index in [9.17, 15) is 0 Å². The van der Waals surface area contributed by atoms with Crippen molar-refractivity contribution in [3.63, 3.8) is 0 Å². The normalized spacial score (nSPS) is 22.6. The van der Waals surface area contributed by atoms with Crippen molar-refractivity contribution < 1.29 is 0 Å². The number of pyridine rings is 1. The molecule has 5 aromatic rings. The molecular formula is C43H35N3. The monoisotopic (exact) mass is 593 g/mol. The van der Waals surface area contributed by atoms with E-state index in [2.05, 4.69) is 162 Å². The topological polar surface area (TPSA) is 19.4 Å². The first-order valence-electron chi connectivity index (χ1n) is 16.2. The van der Waals surface area contributed by atoms with Crippen LogP contribution in [0.5, 0.6) is 0 Å². The summed E-state index contributed by atoms with van der Waals surface area (Å²) in [5.41, 5.74) is 15.1. The lowest BCUT2D eigenvalue weighted by Gasteiger charge is -2.41. The van der Waals surface area contributed by atoms with Gasteiger partial charge in [-0.2, -0.15) is 0 Å². The van der Waals surface area contributed by atoms with Crippen LogP contribution in [0, 0.1) is 0 Å². The Hall–Kier alpha value is -5.41. The minimum atomic E-state index is -0.177. The van der Waals surface area contributed by atoms with Gasteiger partial charge >= 0.3 is 0 Å². The van der Waals surface area contributed by atoms with Crippen molar-refractivity contribution in [1.29, 1.82) is 0 Å². The highest BCUT2D eigenvalue weighted by atomic mass is 15.2. The molecule has 4 aliphatic rings. The van der Waals surface area contributed by atoms with Crippen molar-refractivity contribution in [3.05, 3.63) is 174 Å². The van der Waals surface area contributed by atoms with Crippen LogP contribution < -0.4 is 9.80 Å². The number of rotatable bonds is 4. The zero-order chi connectivity index (χ0) is 30.9. The Morgan fingerprint density at radius 2 is 1.04 bits per heavy atom. The molecule has 2 aliphatic heterocycles. The first-order valence-corrected chi connectivity index (χ1v) is 16.2. The summed E-state index contributed by atoms with van der Waals surface area (Å²) in [4.78, 5) is 9.40. The smallest absolute Gasteiger partial charge is 0.0716 e. The van der Waals surface area contributed by atoms with E-state index in [1.54, 1.807) is 0 Å². The predicted molar refractivity (Wildman–Crippen MR) is 191 cm³/mol. The van der Waals surface area contributed by atoms with Crippen LogP contribution in [0.3, 0.4) is 0 Å². The Bertz CT molecular complexity index is 2120. The lowest BCUT2D eigenvalue weighted by atomic mass is 9.76. The van der Waals surface area contributed by atoms with Gasteiger partial charge in [0.25, 0.3) is 0 Å². The number of benzene rings is 4. The molecule has 0 spiro atoms. The summed E-state index contributed by atoms with van der Waals surface area (Å²) < 4.78 is 0. The molecule has 222 valence electrons. The van der Waals surface area contributed by atoms with E-state index in [4.69, 9.17) is 0 Å². The summed E-state index contributed by atoms with van der Waals surface area (Å²) in [6.45, 7) is 4.80. The van der Waals surface area contributed by atoms with Crippen LogP contribution in [0.1, 0.15) is 37.8 Å². The third-order valence-corrected chi connectivity index (χ3v) is 10.5. The molecule has 0 fully saturated rings. The Kier molecular flexibility index (Phi) is 5.89. The zero-order valence-corrected chi connectivity index (χ0v) is 26.2. The van der Waals surface area contributed by atoms with E-state index in [0.29, 0.717) is 0 Å². The van der Waals surface area contributed by atoms with E-state index in [-0.39, 0.29) is 11.1 Å². The number of allylic oxidation sites excluding steroid dienone is 4. The van der Waals surface area contributed by atoms with Gasteiger partial charge in [0.05, 0.1) is 11.1 Å². The highest BCUT2D eigenvalue weighted by Gasteiger charge is 2.48. The Balaban J connectivity index is 1.09. The molecule has 2 aliphatic carbocycles. The largest absolute Gasteiger partial charge is 0.331 e. The molecule has 2 atom stereocenters. The van der Waals surface area contributed by atoms with Gasteiger partial charge < -0.3 is 9.80 Å². The van der Waals surface area contributed by atoms with E-state index < -0.39 is 0 Å². The average Bonchev–Trinajstić information content (AvgIpc) is 3.53. The maximum atomic E-state index is 4.32. The SMILES string of the molecule is CC12CC=C(C3=CCC4(C)C(=C3)c3ccccc3N4c3ccc(-c4cccnc4)cc3)C=C1c1ccccc1N2c1ccccc1. The van der Waals surface area contributed by atoms with Gasteiger partial charge in [0.2, 0.25) is 0 Å². The van der Waals surface area contributed by atoms with Gasteiger partial charge in [0.15, 0.2) is 0 Å². The Morgan fingerprint density at radius 3 is 1.59 bits per heavy atom. The molecule has 0 bridgehead atoms. The fourth-order valence-corrected chi connectivity index (χ4v) is 8.22. The van der Waals surface area contributed by atoms with E-state index in [1.807, 2.05) is 18.5 Å². The molecule has 3 nitrogen and oxygen atoms in total. The lowest BCUT2D eigenvalue weighted by molar-refractivity contribution is 0.600. The van der Waals surface area contributed by atoms with Gasteiger partial charge in [-0.3, -0.25) is 4.98 Å². The molecule has 3 heteroatoms. The van der Waals surface area contributed by atoms with Crippen molar-refractivity contribution in [1.82, 2.24) is 4.98 Å². The highest BCUT2D eigenvalue weighted by Crippen LogP contribution is 2.57. The van der Waals surface area contributed by atoms with Gasteiger partial charge in [-0.25, -0.2) is 0 Å². The van der Waals surface area contributed by atoms with Gasteiger partial charge in [0, 0.05) is 46.3 Å². The molecule has 1 aromatic heterocycles. The molecular weight excluding hydrogens is 558 g/mol. The second kappa shape index (κ2) is 10.1. The zero-order valence-electron chi connectivity index (χ0n) is 26.2. The van der Waals surface area contributed by atoms with E-state index >= 15 is 0 Å². The first-order chi connectivity index (χ1) is 22.5. The number of aromatic nitrogens is 1. The quantitative estimate of drug-likeness (QED) is 0.207. The van der Waals surface area contributed by atoms with Crippen LogP contribution in [-0.2, 0) is 0 Å². The highest BCUT2D eigenvalue weighted by molar-refractivity contribution is 5.99. The number of hydrogen-bond acceptors (Lipinski definition) is 3. The van der Waals surface area contributed by atoms with Crippen molar-refractivity contribution in [2.24, 2.45) is 0 Å². The minimum absolute atomic E-state index is 0.135. The third kappa shape index (κ3) is 3.88. The predicted octanol–water partition coefficient (Wildman–Crippen LogP) is 10.7. The van der Waals surface area contributed by atoms with E-state index in [1.165, 1.54) is 61.7 Å². The Labute approximate surface area is 271 Å². The standard InChI is InChI=1S/C43H35N3/c1-42-24-22-31(27-38(42)36-14-6-8-16-40(36)45(42)34-12-4-3-5-13-34)32-23-25-43(2)39(28-32)37-15-7-9-17-41(37)46(43)35-20-18-30(19-21-35)33-11-10-26-44-29-33/h3-23,26-29H,24-25H2,1-2H3. The summed E-state index contributed by atoms with van der Waals surface area (Å²) in [5.74, 6) is 0. The summed E-state index contributed by atoms with van der Waals surface area (Å²) in [6.07, 6.45) is 15.5. The first kappa shape index (κ1) is 26.9. The molecule has 2 unspecified atom stereocenters. The van der Waals surface area contributed by atoms with Crippen molar-refractivity contribution in [3.8, 4) is 11.1 Å². The fraction of sp³-hybridized carbons (Fsp3) is 0.140. The maximum absolute atomic E-state index is 4.32. The lowest BCUT2D eigenvalue weighted by Crippen LogP contribution is -2.41. The second-order valence-electron chi connectivity index (χ2n) is 13.2. The summed E-state index contributed by atoms with van der Waals surface area (Å²) in [6, 6.07) is 41.7. The van der Waals surface area contributed by atoms with Crippen LogP contribution in [-0.4, -0.2) is 16.1 Å². The van der Waals surface area contributed by atoms with Crippen molar-refractivity contribution in [2.75, 3.05) is 9.80 Å². The summed E-state index contributed by atoms with van der Waals surface area (Å²) in [5, 5.41) is 0. The van der Waals surface area contributed by atoms with Gasteiger partial charge in [-0.1, -0.05) is 84.9 Å². The van der Waals surface area contributed by atoms with Gasteiger partial charge in [-0.15, -0.1) is 0 Å². The summed E-state index contributed by atoms with van der Waals surface area (Å²) >= 11 is 0. The van der Waals surface area contributed by atoms with Gasteiger partial charge in [0.1, 0.15) is 0 Å². The number of nitrogens with zero attached hydrogens (tertiary/aromatic N) is 3. The molecule has 3 heterocycles. The molecule has 0 N–H and O–H groups in total. The number of fused-ring (bicyclic) bond motifs is 6. The molecule has 46 heavy (non-hydrogen) atoms. The number of para-hydroxylation sites is 3. The number of hydrogen-bond donors (Lipinski definition) is 0. The summed E-state index contributed by atoms with van der Waals surface area (Å²) in [7, 11) is 0. The fourth-order valence-electron chi connectivity index (χ4n) is 8.22. The van der Waals surface area contributed by atoms with Crippen LogP contribution in [0.2, 0.25) is 0 Å². The number of anilines is 4. The minimum Gasteiger partial charge on any atom is -0.331 e. The second-order valence-corrected chi connectivity index (χ2v) is 13.2. The van der Waals surface area contributed by atoms with Crippen molar-refractivity contribution >= 4 is 33.9 Å². The molecule has 0 radical (unpaired) electrons.